The number of methoxy groups -OCH3 is 1. The first-order valence-electron chi connectivity index (χ1n) is 6.15. The summed E-state index contributed by atoms with van der Waals surface area (Å²) in [6, 6.07) is 9.91. The van der Waals surface area contributed by atoms with Gasteiger partial charge in [0.2, 0.25) is 5.79 Å². The van der Waals surface area contributed by atoms with Crippen LogP contribution < -0.4 is 0 Å². The molecule has 0 saturated heterocycles. The third-order valence-electron chi connectivity index (χ3n) is 3.35. The third kappa shape index (κ3) is 2.07. The molecule has 96 valence electrons. The molecule has 0 bridgehead atoms. The van der Waals surface area contributed by atoms with Gasteiger partial charge in [-0.05, 0) is 23.8 Å². The van der Waals surface area contributed by atoms with E-state index in [1.807, 2.05) is 42.5 Å². The Morgan fingerprint density at radius 3 is 2.74 bits per heavy atom. The number of hydrogen-bond acceptors (Lipinski definition) is 3. The van der Waals surface area contributed by atoms with Crippen LogP contribution in [0.3, 0.4) is 0 Å². The third-order valence-corrected chi connectivity index (χ3v) is 3.35. The number of benzene rings is 1. The van der Waals surface area contributed by atoms with Crippen molar-refractivity contribution in [2.45, 2.75) is 11.9 Å². The molecule has 19 heavy (non-hydrogen) atoms. The molecule has 1 aliphatic heterocycles. The molecule has 0 fully saturated rings. The zero-order chi connectivity index (χ0) is 13.3. The molecule has 0 radical (unpaired) electrons. The summed E-state index contributed by atoms with van der Waals surface area (Å²) >= 11 is 0. The largest absolute Gasteiger partial charge is 0.346 e. The first kappa shape index (κ1) is 12.1. The Kier molecular flexibility index (Phi) is 2.93. The van der Waals surface area contributed by atoms with Crippen LogP contribution in [0, 0.1) is 0 Å². The Morgan fingerprint density at radius 2 is 2.00 bits per heavy atom. The van der Waals surface area contributed by atoms with Gasteiger partial charge in [-0.25, -0.2) is 0 Å². The van der Waals surface area contributed by atoms with E-state index < -0.39 is 5.79 Å². The lowest BCUT2D eigenvalue weighted by Crippen LogP contribution is -2.39. The van der Waals surface area contributed by atoms with E-state index in [-0.39, 0.29) is 11.9 Å². The molecule has 0 N–H and O–H groups in total. The summed E-state index contributed by atoms with van der Waals surface area (Å²) in [4.78, 5) is 11.4. The number of allylic oxidation sites excluding steroid dienone is 2. The molecule has 0 aromatic heterocycles. The Bertz CT molecular complexity index is 583. The van der Waals surface area contributed by atoms with E-state index in [2.05, 4.69) is 0 Å². The van der Waals surface area contributed by atoms with Gasteiger partial charge in [-0.15, -0.1) is 0 Å². The molecular weight excluding hydrogens is 240 g/mol. The van der Waals surface area contributed by atoms with Crippen molar-refractivity contribution in [3.05, 3.63) is 71.8 Å². The summed E-state index contributed by atoms with van der Waals surface area (Å²) in [5.74, 6) is -1.00. The minimum atomic E-state index is -0.955. The van der Waals surface area contributed by atoms with Crippen molar-refractivity contribution in [1.82, 2.24) is 0 Å². The Hall–Kier alpha value is -1.97. The highest BCUT2D eigenvalue weighted by Gasteiger charge is 2.39. The highest BCUT2D eigenvalue weighted by atomic mass is 16.7. The van der Waals surface area contributed by atoms with E-state index in [0.717, 1.165) is 11.1 Å². The number of carbonyl (C=O) groups is 1. The van der Waals surface area contributed by atoms with Crippen molar-refractivity contribution >= 4 is 5.78 Å². The molecular formula is C16H14O3. The van der Waals surface area contributed by atoms with Crippen molar-refractivity contribution in [1.29, 1.82) is 0 Å². The average molecular weight is 254 g/mol. The molecule has 1 aromatic carbocycles. The lowest BCUT2D eigenvalue weighted by molar-refractivity contribution is -0.184. The molecule has 1 aromatic rings. The molecule has 3 rings (SSSR count). The maximum Gasteiger partial charge on any atom is 0.216 e. The fraction of sp³-hybridized carbons (Fsp3) is 0.188. The number of ether oxygens (including phenoxy) is 2. The number of ketones is 1. The van der Waals surface area contributed by atoms with E-state index in [0.29, 0.717) is 0 Å². The van der Waals surface area contributed by atoms with Crippen molar-refractivity contribution in [2.24, 2.45) is 0 Å². The molecule has 1 aliphatic carbocycles. The molecule has 3 nitrogen and oxygen atoms in total. The summed E-state index contributed by atoms with van der Waals surface area (Å²) in [5.41, 5.74) is 1.79. The summed E-state index contributed by atoms with van der Waals surface area (Å²) < 4.78 is 11.5. The van der Waals surface area contributed by atoms with Gasteiger partial charge in [0.15, 0.2) is 5.78 Å². The molecule has 2 aliphatic rings. The minimum Gasteiger partial charge on any atom is -0.346 e. The second-order valence-corrected chi connectivity index (χ2v) is 4.52. The normalized spacial score (nSPS) is 29.0. The second kappa shape index (κ2) is 4.61. The zero-order valence-electron chi connectivity index (χ0n) is 10.6. The van der Waals surface area contributed by atoms with Crippen LogP contribution in [0.1, 0.15) is 11.7 Å². The number of rotatable bonds is 2. The maximum atomic E-state index is 11.4. The van der Waals surface area contributed by atoms with Crippen LogP contribution in [0.5, 0.6) is 0 Å². The van der Waals surface area contributed by atoms with Crippen molar-refractivity contribution in [3.8, 4) is 0 Å². The Morgan fingerprint density at radius 1 is 1.21 bits per heavy atom. The molecule has 2 atom stereocenters. The molecule has 0 saturated carbocycles. The van der Waals surface area contributed by atoms with Crippen molar-refractivity contribution in [3.63, 3.8) is 0 Å². The average Bonchev–Trinajstić information content (AvgIpc) is 2.48. The van der Waals surface area contributed by atoms with Crippen LogP contribution >= 0.6 is 0 Å². The smallest absolute Gasteiger partial charge is 0.216 e. The van der Waals surface area contributed by atoms with E-state index in [4.69, 9.17) is 9.47 Å². The van der Waals surface area contributed by atoms with Crippen LogP contribution in [0.15, 0.2) is 66.3 Å². The van der Waals surface area contributed by atoms with Crippen LogP contribution in [0.25, 0.3) is 0 Å². The predicted molar refractivity (Wildman–Crippen MR) is 71.4 cm³/mol. The summed E-state index contributed by atoms with van der Waals surface area (Å²) in [7, 11) is 1.58. The molecule has 0 amide bonds. The summed E-state index contributed by atoms with van der Waals surface area (Å²) in [6.07, 6.45) is 8.34. The van der Waals surface area contributed by atoms with Gasteiger partial charge in [0.1, 0.15) is 6.10 Å². The van der Waals surface area contributed by atoms with Crippen LogP contribution in [0.2, 0.25) is 0 Å². The van der Waals surface area contributed by atoms with Crippen LogP contribution in [0.4, 0.5) is 0 Å². The van der Waals surface area contributed by atoms with Gasteiger partial charge in [-0.2, -0.15) is 0 Å². The van der Waals surface area contributed by atoms with Gasteiger partial charge in [0.25, 0.3) is 0 Å². The predicted octanol–water partition coefficient (Wildman–Crippen LogP) is 2.72. The van der Waals surface area contributed by atoms with Crippen molar-refractivity contribution < 1.29 is 14.3 Å². The second-order valence-electron chi connectivity index (χ2n) is 4.52. The highest BCUT2D eigenvalue weighted by Crippen LogP contribution is 2.39. The van der Waals surface area contributed by atoms with Gasteiger partial charge >= 0.3 is 0 Å². The van der Waals surface area contributed by atoms with E-state index >= 15 is 0 Å². The minimum absolute atomic E-state index is 0.0471. The van der Waals surface area contributed by atoms with Gasteiger partial charge in [0, 0.05) is 12.7 Å². The zero-order valence-corrected chi connectivity index (χ0v) is 10.6. The van der Waals surface area contributed by atoms with E-state index in [9.17, 15) is 4.79 Å². The first-order valence-corrected chi connectivity index (χ1v) is 6.15. The maximum absolute atomic E-state index is 11.4. The fourth-order valence-electron chi connectivity index (χ4n) is 2.34. The fourth-order valence-corrected chi connectivity index (χ4v) is 2.34. The summed E-state index contributed by atoms with van der Waals surface area (Å²) in [6.45, 7) is 0. The molecule has 3 heteroatoms. The van der Waals surface area contributed by atoms with Crippen molar-refractivity contribution in [2.75, 3.05) is 7.11 Å². The van der Waals surface area contributed by atoms with Gasteiger partial charge in [0.05, 0.1) is 0 Å². The molecule has 0 spiro atoms. The topological polar surface area (TPSA) is 35.5 Å². The Balaban J connectivity index is 1.99. The van der Waals surface area contributed by atoms with Gasteiger partial charge in [-0.1, -0.05) is 42.5 Å². The quantitative estimate of drug-likeness (QED) is 0.814. The molecule has 1 heterocycles. The number of hydrogen-bond donors (Lipinski definition) is 0. The molecule has 2 unspecified atom stereocenters. The Labute approximate surface area is 111 Å². The van der Waals surface area contributed by atoms with Gasteiger partial charge in [-0.3, -0.25) is 4.79 Å². The van der Waals surface area contributed by atoms with Crippen LogP contribution in [-0.4, -0.2) is 18.7 Å². The highest BCUT2D eigenvalue weighted by molar-refractivity contribution is 6.01. The lowest BCUT2D eigenvalue weighted by Gasteiger charge is -2.38. The summed E-state index contributed by atoms with van der Waals surface area (Å²) in [5, 5.41) is 0. The number of fused-ring (bicyclic) bond motifs is 1. The van der Waals surface area contributed by atoms with Gasteiger partial charge < -0.3 is 9.47 Å². The number of carbonyl (C=O) groups excluding carboxylic acids is 1. The van der Waals surface area contributed by atoms with E-state index in [1.165, 1.54) is 6.08 Å². The first-order chi connectivity index (χ1) is 9.23. The van der Waals surface area contributed by atoms with E-state index in [1.54, 1.807) is 19.3 Å². The van der Waals surface area contributed by atoms with Crippen LogP contribution in [-0.2, 0) is 14.3 Å². The SMILES string of the molecule is COC12C=CC(=O)C=C1C=CC(c1ccccc1)O2. The standard InChI is InChI=1S/C16H14O3/c1-18-16-10-9-14(17)11-13(16)7-8-15(19-16)12-5-3-2-4-6-12/h2-11,15H,1H3. The lowest BCUT2D eigenvalue weighted by atomic mass is 9.93. The monoisotopic (exact) mass is 254 g/mol.